The number of fused-ring (bicyclic) bond motifs is 12. The van der Waals surface area contributed by atoms with Gasteiger partial charge in [-0.05, 0) is 142 Å². The summed E-state index contributed by atoms with van der Waals surface area (Å²) in [5.74, 6) is 0. The molecule has 0 fully saturated rings. The molecule has 2 aliphatic heterocycles. The minimum Gasteiger partial charge on any atom is -0.456 e. The molecule has 3 aliphatic rings. The van der Waals surface area contributed by atoms with E-state index in [4.69, 9.17) is 4.42 Å². The Kier molecular flexibility index (Phi) is 8.61. The van der Waals surface area contributed by atoms with Crippen LogP contribution in [0.15, 0.2) is 156 Å². The second-order valence-corrected chi connectivity index (χ2v) is 22.8. The molecule has 1 aliphatic carbocycles. The van der Waals surface area contributed by atoms with Crippen molar-refractivity contribution in [2.45, 2.75) is 92.4 Å². The fraction of sp³-hybridized carbons (Fsp3) is 0.219. The van der Waals surface area contributed by atoms with Gasteiger partial charge >= 0.3 is 0 Å². The third kappa shape index (κ3) is 5.83. The minimum atomic E-state index is -0.204. The van der Waals surface area contributed by atoms with Gasteiger partial charge in [0.25, 0.3) is 6.71 Å². The topological polar surface area (TPSA) is 24.6 Å². The molecule has 0 spiro atoms. The quantitative estimate of drug-likeness (QED) is 0.165. The van der Waals surface area contributed by atoms with Crippen LogP contribution < -0.4 is 26.2 Å². The van der Waals surface area contributed by atoms with Crippen LogP contribution in [0.5, 0.6) is 0 Å². The zero-order valence-electron chi connectivity index (χ0n) is 41.8. The van der Waals surface area contributed by atoms with Crippen LogP contribution in [0.1, 0.15) is 94.5 Å². The zero-order valence-corrected chi connectivity index (χ0v) is 41.8. The van der Waals surface area contributed by atoms with Gasteiger partial charge in [-0.2, -0.15) is 0 Å². The molecule has 338 valence electrons. The molecule has 0 bridgehead atoms. The van der Waals surface area contributed by atoms with Gasteiger partial charge in [0.15, 0.2) is 0 Å². The van der Waals surface area contributed by atoms with Gasteiger partial charge in [0.1, 0.15) is 11.2 Å². The van der Waals surface area contributed by atoms with Crippen LogP contribution in [0.2, 0.25) is 0 Å². The van der Waals surface area contributed by atoms with Crippen molar-refractivity contribution < 1.29 is 4.42 Å². The largest absolute Gasteiger partial charge is 0.456 e. The molecule has 69 heavy (non-hydrogen) atoms. The Balaban J connectivity index is 1.14. The molecule has 4 nitrogen and oxygen atoms in total. The summed E-state index contributed by atoms with van der Waals surface area (Å²) in [6.07, 6.45) is 0. The van der Waals surface area contributed by atoms with Crippen LogP contribution in [0, 0.1) is 20.8 Å². The van der Waals surface area contributed by atoms with E-state index in [1.807, 2.05) is 0 Å². The van der Waals surface area contributed by atoms with E-state index < -0.39 is 0 Å². The average molecular weight is 896 g/mol. The Morgan fingerprint density at radius 3 is 1.90 bits per heavy atom. The van der Waals surface area contributed by atoms with E-state index in [9.17, 15) is 0 Å². The lowest BCUT2D eigenvalue weighted by atomic mass is 9.33. The monoisotopic (exact) mass is 895 g/mol. The maximum Gasteiger partial charge on any atom is 0.252 e. The molecule has 0 unspecified atom stereocenters. The molecule has 0 atom stereocenters. The first kappa shape index (κ1) is 41.9. The number of aryl methyl sites for hydroxylation is 3. The second kappa shape index (κ2) is 14.2. The summed E-state index contributed by atoms with van der Waals surface area (Å²) in [6, 6.07) is 57.7. The van der Waals surface area contributed by atoms with Gasteiger partial charge in [-0.25, -0.2) is 0 Å². The SMILES string of the molecule is Cc1cc2c3c(c1)-n1c4c(c5cccc(c51)B3c1ccc(N(c3ccc(C(C)(C)C)cc3C)c3ccc(C(C)(C)C)cc3C)cc1N2c1cccc2oc3ccccc3c12)-c1ccccc1C4(C)C. The number of rotatable bonds is 4. The maximum absolute atomic E-state index is 6.67. The van der Waals surface area contributed by atoms with E-state index in [1.165, 1.54) is 106 Å². The number of nitrogens with zero attached hydrogens (tertiary/aromatic N) is 3. The lowest BCUT2D eigenvalue weighted by molar-refractivity contribution is 0.590. The number of benzene rings is 8. The smallest absolute Gasteiger partial charge is 0.252 e. The van der Waals surface area contributed by atoms with Gasteiger partial charge in [-0.15, -0.1) is 0 Å². The summed E-state index contributed by atoms with van der Waals surface area (Å²) in [4.78, 5) is 5.10. The molecule has 2 aromatic heterocycles. The third-order valence-corrected chi connectivity index (χ3v) is 15.9. The molecule has 13 rings (SSSR count). The zero-order chi connectivity index (χ0) is 47.6. The second-order valence-electron chi connectivity index (χ2n) is 22.8. The van der Waals surface area contributed by atoms with Crippen molar-refractivity contribution in [3.63, 3.8) is 0 Å². The first-order valence-electron chi connectivity index (χ1n) is 24.8. The maximum atomic E-state index is 6.67. The molecule has 0 saturated heterocycles. The van der Waals surface area contributed by atoms with Gasteiger partial charge in [0.05, 0.1) is 11.1 Å². The van der Waals surface area contributed by atoms with E-state index in [-0.39, 0.29) is 23.0 Å². The van der Waals surface area contributed by atoms with E-state index >= 15 is 0 Å². The van der Waals surface area contributed by atoms with Crippen LogP contribution in [0.4, 0.5) is 34.1 Å². The van der Waals surface area contributed by atoms with Crippen LogP contribution in [0.3, 0.4) is 0 Å². The first-order chi connectivity index (χ1) is 33.0. The summed E-state index contributed by atoms with van der Waals surface area (Å²) in [5.41, 5.74) is 27.1. The van der Waals surface area contributed by atoms with Crippen LogP contribution in [-0.2, 0) is 16.2 Å². The van der Waals surface area contributed by atoms with Crippen LogP contribution in [-0.4, -0.2) is 11.3 Å². The van der Waals surface area contributed by atoms with Crippen molar-refractivity contribution in [3.05, 3.63) is 191 Å². The van der Waals surface area contributed by atoms with Crippen LogP contribution in [0.25, 0.3) is 49.7 Å². The number of aromatic nitrogens is 1. The van der Waals surface area contributed by atoms with Crippen molar-refractivity contribution in [1.82, 2.24) is 4.57 Å². The predicted molar refractivity (Wildman–Crippen MR) is 294 cm³/mol. The highest BCUT2D eigenvalue weighted by Gasteiger charge is 2.47. The highest BCUT2D eigenvalue weighted by atomic mass is 16.3. The number of para-hydroxylation sites is 2. The van der Waals surface area contributed by atoms with Gasteiger partial charge < -0.3 is 18.8 Å². The molecule has 0 radical (unpaired) electrons. The summed E-state index contributed by atoms with van der Waals surface area (Å²) < 4.78 is 9.34. The fourth-order valence-corrected chi connectivity index (χ4v) is 12.6. The third-order valence-electron chi connectivity index (χ3n) is 15.9. The highest BCUT2D eigenvalue weighted by molar-refractivity contribution is 7.00. The van der Waals surface area contributed by atoms with Gasteiger partial charge in [0.2, 0.25) is 0 Å². The Hall–Kier alpha value is -7.24. The van der Waals surface area contributed by atoms with E-state index in [0.29, 0.717) is 0 Å². The molecular weight excluding hydrogens is 838 g/mol. The molecule has 10 aromatic rings. The molecule has 0 saturated carbocycles. The molecular formula is C64H58BN3O. The molecule has 5 heteroatoms. The predicted octanol–water partition coefficient (Wildman–Crippen LogP) is 15.4. The number of hydrogen-bond acceptors (Lipinski definition) is 3. The van der Waals surface area contributed by atoms with Crippen molar-refractivity contribution in [1.29, 1.82) is 0 Å². The van der Waals surface area contributed by atoms with E-state index in [0.717, 1.165) is 33.3 Å². The van der Waals surface area contributed by atoms with Crippen molar-refractivity contribution in [2.24, 2.45) is 0 Å². The van der Waals surface area contributed by atoms with Gasteiger partial charge in [0, 0.05) is 67.1 Å². The lowest BCUT2D eigenvalue weighted by Gasteiger charge is -2.42. The Morgan fingerprint density at radius 1 is 0.551 bits per heavy atom. The van der Waals surface area contributed by atoms with E-state index in [2.05, 4.69) is 242 Å². The summed E-state index contributed by atoms with van der Waals surface area (Å²) in [6.45, 7) is 25.5. The minimum absolute atomic E-state index is 0.00478. The molecule has 4 heterocycles. The van der Waals surface area contributed by atoms with Crippen molar-refractivity contribution in [2.75, 3.05) is 9.80 Å². The van der Waals surface area contributed by atoms with Crippen LogP contribution >= 0.6 is 0 Å². The number of hydrogen-bond donors (Lipinski definition) is 0. The van der Waals surface area contributed by atoms with Gasteiger partial charge in [-0.3, -0.25) is 0 Å². The average Bonchev–Trinajstić information content (AvgIpc) is 3.95. The summed E-state index contributed by atoms with van der Waals surface area (Å²) in [5, 5.41) is 3.57. The molecule has 0 amide bonds. The Morgan fingerprint density at radius 2 is 1.19 bits per heavy atom. The standard InChI is InChI=1S/C64H58BN3O/c1-37-32-53-59-54(33-37)68-60-45(57-43-18-12-14-21-46(43)64(10,11)61(57)68)20-16-22-48(60)65(59)47-29-28-42(36-52(47)67(53)51-23-17-25-56-58(51)44-19-13-15-24-55(44)69-56)66(49-30-26-40(34-38(49)2)62(4,5)6)50-31-27-41(35-39(50)3)63(7,8)9/h12-36H,1-11H3. The Bertz CT molecular complexity index is 3790. The summed E-state index contributed by atoms with van der Waals surface area (Å²) >= 11 is 0. The first-order valence-corrected chi connectivity index (χ1v) is 24.8. The van der Waals surface area contributed by atoms with Crippen molar-refractivity contribution >= 4 is 90.1 Å². The van der Waals surface area contributed by atoms with Gasteiger partial charge in [-0.1, -0.05) is 152 Å². The summed E-state index contributed by atoms with van der Waals surface area (Å²) in [7, 11) is 0. The Labute approximate surface area is 406 Å². The van der Waals surface area contributed by atoms with Crippen molar-refractivity contribution in [3.8, 4) is 16.8 Å². The number of furan rings is 1. The van der Waals surface area contributed by atoms with E-state index in [1.54, 1.807) is 0 Å². The fourth-order valence-electron chi connectivity index (χ4n) is 12.6. The molecule has 0 N–H and O–H groups in total. The normalized spacial score (nSPS) is 14.4. The lowest BCUT2D eigenvalue weighted by Crippen LogP contribution is -2.60. The highest BCUT2D eigenvalue weighted by Crippen LogP contribution is 2.55. The molecule has 8 aromatic carbocycles. The number of anilines is 6.